The van der Waals surface area contributed by atoms with E-state index in [2.05, 4.69) is 33.5 Å². The van der Waals surface area contributed by atoms with E-state index in [1.807, 2.05) is 0 Å². The van der Waals surface area contributed by atoms with E-state index in [0.717, 1.165) is 45.2 Å². The summed E-state index contributed by atoms with van der Waals surface area (Å²) in [7, 11) is 0. The predicted molar refractivity (Wildman–Crippen MR) is 118 cm³/mol. The second kappa shape index (κ2) is 20.7. The van der Waals surface area contributed by atoms with Gasteiger partial charge in [0.05, 0.1) is 6.67 Å². The number of nitrogens with one attached hydrogen (secondary N) is 5. The quantitative estimate of drug-likeness (QED) is 0.175. The van der Waals surface area contributed by atoms with Gasteiger partial charge in [0.1, 0.15) is 0 Å². The smallest absolute Gasteiger partial charge is 0.316 e. The first-order valence-corrected chi connectivity index (χ1v) is 11.3. The van der Waals surface area contributed by atoms with Gasteiger partial charge < -0.3 is 26.6 Å². The van der Waals surface area contributed by atoms with Crippen molar-refractivity contribution in [2.45, 2.75) is 90.9 Å². The first kappa shape index (κ1) is 27.0. The van der Waals surface area contributed by atoms with Crippen LogP contribution in [-0.4, -0.2) is 44.3 Å². The zero-order chi connectivity index (χ0) is 21.6. The fourth-order valence-corrected chi connectivity index (χ4v) is 2.82. The van der Waals surface area contributed by atoms with E-state index in [0.29, 0.717) is 6.54 Å². The SMILES string of the molecule is CCCCNC(=O)NCCCCCCCCCCCCNC(=O)NCNC(C)=O. The standard InChI is InChI=1S/C21H43N5O3/c1-3-4-15-22-20(28)23-16-13-11-9-7-5-6-8-10-12-14-17-24-21(29)26-18-25-19(2)27/h3-18H2,1-2H3,(H,25,27)(H2,22,23,28)(H2,24,26,29). The highest BCUT2D eigenvalue weighted by molar-refractivity contribution is 5.76. The molecule has 0 bridgehead atoms. The molecule has 0 aromatic rings. The number of hydrogen-bond donors (Lipinski definition) is 5. The molecule has 0 atom stereocenters. The van der Waals surface area contributed by atoms with Crippen LogP contribution in [0, 0.1) is 0 Å². The van der Waals surface area contributed by atoms with Gasteiger partial charge >= 0.3 is 12.1 Å². The van der Waals surface area contributed by atoms with E-state index < -0.39 is 0 Å². The molecule has 0 unspecified atom stereocenters. The van der Waals surface area contributed by atoms with E-state index in [4.69, 9.17) is 0 Å². The van der Waals surface area contributed by atoms with E-state index in [-0.39, 0.29) is 24.6 Å². The minimum Gasteiger partial charge on any atom is -0.339 e. The second-order valence-electron chi connectivity index (χ2n) is 7.41. The summed E-state index contributed by atoms with van der Waals surface area (Å²) in [5.74, 6) is -0.162. The van der Waals surface area contributed by atoms with Crippen molar-refractivity contribution in [3.63, 3.8) is 0 Å². The van der Waals surface area contributed by atoms with Gasteiger partial charge in [-0.15, -0.1) is 0 Å². The van der Waals surface area contributed by atoms with Crippen molar-refractivity contribution in [3.8, 4) is 0 Å². The Bertz CT molecular complexity index is 433. The van der Waals surface area contributed by atoms with Crippen molar-refractivity contribution in [3.05, 3.63) is 0 Å². The Labute approximate surface area is 176 Å². The Morgan fingerprint density at radius 1 is 0.517 bits per heavy atom. The summed E-state index contributed by atoms with van der Waals surface area (Å²) in [6.45, 7) is 5.86. The summed E-state index contributed by atoms with van der Waals surface area (Å²) in [5.41, 5.74) is 0. The molecule has 0 aliphatic heterocycles. The summed E-state index contributed by atoms with van der Waals surface area (Å²) in [6, 6.07) is -0.287. The fraction of sp³-hybridized carbons (Fsp3) is 0.857. The molecular formula is C21H43N5O3. The summed E-state index contributed by atoms with van der Waals surface area (Å²) in [4.78, 5) is 33.5. The van der Waals surface area contributed by atoms with E-state index in [9.17, 15) is 14.4 Å². The number of urea groups is 2. The van der Waals surface area contributed by atoms with Crippen molar-refractivity contribution in [2.75, 3.05) is 26.3 Å². The van der Waals surface area contributed by atoms with E-state index >= 15 is 0 Å². The second-order valence-corrected chi connectivity index (χ2v) is 7.41. The average molecular weight is 414 g/mol. The first-order chi connectivity index (χ1) is 14.1. The lowest BCUT2D eigenvalue weighted by atomic mass is 10.1. The maximum atomic E-state index is 11.5. The molecule has 5 N–H and O–H groups in total. The molecule has 5 amide bonds. The Kier molecular flexibility index (Phi) is 19.3. The number of carbonyl (C=O) groups excluding carboxylic acids is 3. The third kappa shape index (κ3) is 22.2. The molecule has 0 heterocycles. The maximum Gasteiger partial charge on any atom is 0.316 e. The molecule has 0 aromatic heterocycles. The van der Waals surface area contributed by atoms with Crippen LogP contribution in [0.15, 0.2) is 0 Å². The van der Waals surface area contributed by atoms with Gasteiger partial charge in [0.25, 0.3) is 0 Å². The molecule has 0 rings (SSSR count). The van der Waals surface area contributed by atoms with Crippen molar-refractivity contribution in [1.29, 1.82) is 0 Å². The molecule has 8 heteroatoms. The molecule has 0 aliphatic rings. The van der Waals surface area contributed by atoms with E-state index in [1.54, 1.807) is 0 Å². The third-order valence-corrected chi connectivity index (χ3v) is 4.58. The van der Waals surface area contributed by atoms with Gasteiger partial charge in [-0.2, -0.15) is 0 Å². The zero-order valence-electron chi connectivity index (χ0n) is 18.5. The molecule has 0 aliphatic carbocycles. The van der Waals surface area contributed by atoms with Gasteiger partial charge in [0.15, 0.2) is 0 Å². The lowest BCUT2D eigenvalue weighted by Crippen LogP contribution is -2.42. The fourth-order valence-electron chi connectivity index (χ4n) is 2.82. The topological polar surface area (TPSA) is 111 Å². The Balaban J connectivity index is 3.19. The number of rotatable bonds is 18. The van der Waals surface area contributed by atoms with Crippen LogP contribution in [0.3, 0.4) is 0 Å². The molecule has 0 aromatic carbocycles. The van der Waals surface area contributed by atoms with Crippen molar-refractivity contribution < 1.29 is 14.4 Å². The van der Waals surface area contributed by atoms with Gasteiger partial charge in [-0.3, -0.25) is 4.79 Å². The molecule has 0 spiro atoms. The normalized spacial score (nSPS) is 10.3. The largest absolute Gasteiger partial charge is 0.339 e. The zero-order valence-corrected chi connectivity index (χ0v) is 18.5. The Morgan fingerprint density at radius 3 is 1.31 bits per heavy atom. The summed E-state index contributed by atoms with van der Waals surface area (Å²) in [6.07, 6.45) is 13.9. The lowest BCUT2D eigenvalue weighted by Gasteiger charge is -2.08. The minimum atomic E-state index is -0.244. The highest BCUT2D eigenvalue weighted by Crippen LogP contribution is 2.10. The number of unbranched alkanes of at least 4 members (excludes halogenated alkanes) is 10. The van der Waals surface area contributed by atoms with Crippen molar-refractivity contribution >= 4 is 18.0 Å². The number of carbonyl (C=O) groups is 3. The van der Waals surface area contributed by atoms with E-state index in [1.165, 1.54) is 51.9 Å². The van der Waals surface area contributed by atoms with Gasteiger partial charge in [0.2, 0.25) is 5.91 Å². The van der Waals surface area contributed by atoms with Crippen LogP contribution < -0.4 is 26.6 Å². The van der Waals surface area contributed by atoms with Gasteiger partial charge in [-0.05, 0) is 19.3 Å². The van der Waals surface area contributed by atoms with Crippen LogP contribution in [0.25, 0.3) is 0 Å². The maximum absolute atomic E-state index is 11.5. The molecule has 170 valence electrons. The summed E-state index contributed by atoms with van der Waals surface area (Å²) < 4.78 is 0. The van der Waals surface area contributed by atoms with Crippen LogP contribution >= 0.6 is 0 Å². The monoisotopic (exact) mass is 413 g/mol. The van der Waals surface area contributed by atoms with Gasteiger partial charge in [-0.25, -0.2) is 9.59 Å². The molecule has 8 nitrogen and oxygen atoms in total. The van der Waals surface area contributed by atoms with Crippen LogP contribution in [0.1, 0.15) is 90.9 Å². The van der Waals surface area contributed by atoms with Crippen molar-refractivity contribution in [1.82, 2.24) is 26.6 Å². The average Bonchev–Trinajstić information content (AvgIpc) is 2.68. The lowest BCUT2D eigenvalue weighted by molar-refractivity contribution is -0.118. The molecule has 0 saturated carbocycles. The minimum absolute atomic E-state index is 0.0423. The molecular weight excluding hydrogens is 370 g/mol. The highest BCUT2D eigenvalue weighted by atomic mass is 16.2. The Morgan fingerprint density at radius 2 is 0.897 bits per heavy atom. The third-order valence-electron chi connectivity index (χ3n) is 4.58. The molecule has 29 heavy (non-hydrogen) atoms. The molecule has 0 saturated heterocycles. The summed E-state index contributed by atoms with van der Waals surface area (Å²) >= 11 is 0. The molecule has 0 radical (unpaired) electrons. The number of hydrogen-bond acceptors (Lipinski definition) is 3. The van der Waals surface area contributed by atoms with Crippen LogP contribution in [0.2, 0.25) is 0 Å². The summed E-state index contributed by atoms with van der Waals surface area (Å²) in [5, 5.41) is 13.6. The Hall–Kier alpha value is -1.99. The number of amides is 5. The predicted octanol–water partition coefficient (Wildman–Crippen LogP) is 3.38. The van der Waals surface area contributed by atoms with Gasteiger partial charge in [0, 0.05) is 26.6 Å². The van der Waals surface area contributed by atoms with Gasteiger partial charge in [-0.1, -0.05) is 64.7 Å². The van der Waals surface area contributed by atoms with Crippen LogP contribution in [0.5, 0.6) is 0 Å². The van der Waals surface area contributed by atoms with Crippen molar-refractivity contribution in [2.24, 2.45) is 0 Å². The first-order valence-electron chi connectivity index (χ1n) is 11.3. The highest BCUT2D eigenvalue weighted by Gasteiger charge is 2.00. The molecule has 0 fully saturated rings. The van der Waals surface area contributed by atoms with Crippen LogP contribution in [0.4, 0.5) is 9.59 Å². The van der Waals surface area contributed by atoms with Crippen LogP contribution in [-0.2, 0) is 4.79 Å².